The average molecular weight is 213 g/mol. The molecule has 3 heteroatoms. The number of aldehydes is 1. The zero-order valence-corrected chi connectivity index (χ0v) is 9.91. The molecule has 0 bridgehead atoms. The van der Waals surface area contributed by atoms with Gasteiger partial charge in [-0.15, -0.1) is 0 Å². The van der Waals surface area contributed by atoms with Gasteiger partial charge in [0.2, 0.25) is 0 Å². The molecule has 1 heterocycles. The van der Waals surface area contributed by atoms with Gasteiger partial charge in [0.15, 0.2) is 0 Å². The summed E-state index contributed by atoms with van der Waals surface area (Å²) in [6.07, 6.45) is 5.11. The van der Waals surface area contributed by atoms with Gasteiger partial charge >= 0.3 is 0 Å². The van der Waals surface area contributed by atoms with Gasteiger partial charge in [-0.05, 0) is 32.2 Å². The van der Waals surface area contributed by atoms with E-state index in [1.807, 2.05) is 0 Å². The van der Waals surface area contributed by atoms with Crippen LogP contribution in [0, 0.1) is 5.41 Å². The number of aliphatic hydroxyl groups is 1. The molecule has 1 aliphatic heterocycles. The smallest absolute Gasteiger partial charge is 0.127 e. The molecule has 1 atom stereocenters. The molecule has 0 aromatic heterocycles. The van der Waals surface area contributed by atoms with Crippen molar-refractivity contribution in [2.45, 2.75) is 45.6 Å². The standard InChI is InChI=1S/C12H23NO2/c1-3-12(4-2,10-15)9-13-7-5-6-11(13)8-14/h10-11,14H,3-9H2,1-2H3. The molecule has 1 rings (SSSR count). The first-order valence-electron chi connectivity index (χ1n) is 6.02. The second kappa shape index (κ2) is 5.61. The van der Waals surface area contributed by atoms with Gasteiger partial charge in [0, 0.05) is 18.0 Å². The molecule has 0 radical (unpaired) electrons. The van der Waals surface area contributed by atoms with Crippen LogP contribution in [-0.2, 0) is 4.79 Å². The fraction of sp³-hybridized carbons (Fsp3) is 0.917. The van der Waals surface area contributed by atoms with E-state index in [0.29, 0.717) is 0 Å². The molecular weight excluding hydrogens is 190 g/mol. The first-order chi connectivity index (χ1) is 7.21. The number of nitrogens with zero attached hydrogens (tertiary/aromatic N) is 1. The Morgan fingerprint density at radius 3 is 2.60 bits per heavy atom. The van der Waals surface area contributed by atoms with E-state index >= 15 is 0 Å². The number of carbonyl (C=O) groups is 1. The first kappa shape index (κ1) is 12.7. The highest BCUT2D eigenvalue weighted by Crippen LogP contribution is 2.28. The number of hydrogen-bond donors (Lipinski definition) is 1. The molecule has 0 aromatic carbocycles. The lowest BCUT2D eigenvalue weighted by molar-refractivity contribution is -0.118. The van der Waals surface area contributed by atoms with Crippen molar-refractivity contribution >= 4 is 6.29 Å². The van der Waals surface area contributed by atoms with E-state index < -0.39 is 0 Å². The van der Waals surface area contributed by atoms with Crippen LogP contribution in [0.25, 0.3) is 0 Å². The van der Waals surface area contributed by atoms with Crippen LogP contribution in [0.15, 0.2) is 0 Å². The third-order valence-corrected chi connectivity index (χ3v) is 3.89. The summed E-state index contributed by atoms with van der Waals surface area (Å²) in [4.78, 5) is 13.5. The SMILES string of the molecule is CCC(C=O)(CC)CN1CCCC1CO. The molecule has 88 valence electrons. The molecule has 0 aliphatic carbocycles. The summed E-state index contributed by atoms with van der Waals surface area (Å²) in [5.41, 5.74) is -0.197. The molecule has 1 N–H and O–H groups in total. The lowest BCUT2D eigenvalue weighted by Crippen LogP contribution is -2.42. The third-order valence-electron chi connectivity index (χ3n) is 3.89. The molecule has 0 aromatic rings. The minimum absolute atomic E-state index is 0.197. The van der Waals surface area contributed by atoms with Crippen LogP contribution in [0.5, 0.6) is 0 Å². The van der Waals surface area contributed by atoms with Crippen LogP contribution < -0.4 is 0 Å². The molecule has 15 heavy (non-hydrogen) atoms. The van der Waals surface area contributed by atoms with Crippen molar-refractivity contribution in [1.82, 2.24) is 4.90 Å². The topological polar surface area (TPSA) is 40.5 Å². The number of aliphatic hydroxyl groups excluding tert-OH is 1. The second-order valence-corrected chi connectivity index (χ2v) is 4.64. The summed E-state index contributed by atoms with van der Waals surface area (Å²) in [5.74, 6) is 0. The van der Waals surface area contributed by atoms with E-state index in [2.05, 4.69) is 18.7 Å². The second-order valence-electron chi connectivity index (χ2n) is 4.64. The summed E-state index contributed by atoms with van der Waals surface area (Å²) >= 11 is 0. The minimum Gasteiger partial charge on any atom is -0.395 e. The number of hydrogen-bond acceptors (Lipinski definition) is 3. The molecule has 1 saturated heterocycles. The van der Waals surface area contributed by atoms with Gasteiger partial charge in [0.1, 0.15) is 6.29 Å². The van der Waals surface area contributed by atoms with Crippen molar-refractivity contribution in [3.63, 3.8) is 0 Å². The third kappa shape index (κ3) is 2.79. The van der Waals surface area contributed by atoms with Crippen LogP contribution in [0.2, 0.25) is 0 Å². The molecular formula is C12H23NO2. The maximum absolute atomic E-state index is 11.2. The Kier molecular flexibility index (Phi) is 4.74. The summed E-state index contributed by atoms with van der Waals surface area (Å²) in [7, 11) is 0. The van der Waals surface area contributed by atoms with Crippen molar-refractivity contribution in [3.05, 3.63) is 0 Å². The van der Waals surface area contributed by atoms with E-state index in [1.165, 1.54) is 0 Å². The number of rotatable bonds is 6. The van der Waals surface area contributed by atoms with Gasteiger partial charge in [0.05, 0.1) is 6.61 Å². The van der Waals surface area contributed by atoms with Crippen LogP contribution in [-0.4, -0.2) is 42.0 Å². The van der Waals surface area contributed by atoms with E-state index in [0.717, 1.165) is 45.1 Å². The van der Waals surface area contributed by atoms with Crippen molar-refractivity contribution in [1.29, 1.82) is 0 Å². The Hall–Kier alpha value is -0.410. The van der Waals surface area contributed by atoms with Gasteiger partial charge in [-0.25, -0.2) is 0 Å². The van der Waals surface area contributed by atoms with Crippen LogP contribution in [0.1, 0.15) is 39.5 Å². The Balaban J connectivity index is 2.61. The van der Waals surface area contributed by atoms with Crippen LogP contribution in [0.4, 0.5) is 0 Å². The maximum atomic E-state index is 11.2. The first-order valence-corrected chi connectivity index (χ1v) is 6.02. The molecule has 1 fully saturated rings. The Bertz CT molecular complexity index is 202. The average Bonchev–Trinajstić information content (AvgIpc) is 2.73. The Labute approximate surface area is 92.5 Å². The molecule has 1 aliphatic rings. The van der Waals surface area contributed by atoms with E-state index in [-0.39, 0.29) is 18.1 Å². The normalized spacial score (nSPS) is 23.3. The van der Waals surface area contributed by atoms with Gasteiger partial charge in [0.25, 0.3) is 0 Å². The quantitative estimate of drug-likeness (QED) is 0.679. The molecule has 0 saturated carbocycles. The predicted molar refractivity (Wildman–Crippen MR) is 60.8 cm³/mol. The highest BCUT2D eigenvalue weighted by Gasteiger charge is 2.33. The number of likely N-dealkylation sites (tertiary alicyclic amines) is 1. The van der Waals surface area contributed by atoms with Gasteiger partial charge in [-0.2, -0.15) is 0 Å². The van der Waals surface area contributed by atoms with Crippen LogP contribution in [0.3, 0.4) is 0 Å². The molecule has 0 spiro atoms. The van der Waals surface area contributed by atoms with Crippen molar-refractivity contribution in [3.8, 4) is 0 Å². The van der Waals surface area contributed by atoms with Gasteiger partial charge in [-0.3, -0.25) is 4.90 Å². The zero-order valence-electron chi connectivity index (χ0n) is 9.91. The fourth-order valence-electron chi connectivity index (χ4n) is 2.39. The van der Waals surface area contributed by atoms with Gasteiger partial charge < -0.3 is 9.90 Å². The van der Waals surface area contributed by atoms with Crippen molar-refractivity contribution in [2.75, 3.05) is 19.7 Å². The van der Waals surface area contributed by atoms with Crippen LogP contribution >= 0.6 is 0 Å². The van der Waals surface area contributed by atoms with Crippen molar-refractivity contribution < 1.29 is 9.90 Å². The predicted octanol–water partition coefficient (Wildman–Crippen LogP) is 1.45. The monoisotopic (exact) mass is 213 g/mol. The fourth-order valence-corrected chi connectivity index (χ4v) is 2.39. The van der Waals surface area contributed by atoms with Crippen molar-refractivity contribution in [2.24, 2.45) is 5.41 Å². The summed E-state index contributed by atoms with van der Waals surface area (Å²) in [5, 5.41) is 9.22. The van der Waals surface area contributed by atoms with Gasteiger partial charge in [-0.1, -0.05) is 13.8 Å². The lowest BCUT2D eigenvalue weighted by Gasteiger charge is -2.33. The Morgan fingerprint density at radius 1 is 1.47 bits per heavy atom. The molecule has 1 unspecified atom stereocenters. The van der Waals surface area contributed by atoms with E-state index in [1.54, 1.807) is 0 Å². The maximum Gasteiger partial charge on any atom is 0.127 e. The molecule has 0 amide bonds. The molecule has 3 nitrogen and oxygen atoms in total. The number of carbonyl (C=O) groups excluding carboxylic acids is 1. The largest absolute Gasteiger partial charge is 0.395 e. The highest BCUT2D eigenvalue weighted by molar-refractivity contribution is 5.59. The highest BCUT2D eigenvalue weighted by atomic mass is 16.3. The zero-order chi connectivity index (χ0) is 11.3. The summed E-state index contributed by atoms with van der Waals surface area (Å²) in [6, 6.07) is 0.280. The minimum atomic E-state index is -0.197. The summed E-state index contributed by atoms with van der Waals surface area (Å²) in [6.45, 7) is 6.21. The lowest BCUT2D eigenvalue weighted by atomic mass is 9.83. The van der Waals surface area contributed by atoms with E-state index in [9.17, 15) is 9.90 Å². The summed E-state index contributed by atoms with van der Waals surface area (Å²) < 4.78 is 0. The Morgan fingerprint density at radius 2 is 2.13 bits per heavy atom. The van der Waals surface area contributed by atoms with E-state index in [4.69, 9.17) is 0 Å².